The molecule has 0 aliphatic carbocycles. The Morgan fingerprint density at radius 3 is 1.23 bits per heavy atom. The van der Waals surface area contributed by atoms with Crippen LogP contribution in [0, 0.1) is 0 Å². The van der Waals surface area contributed by atoms with E-state index in [1.807, 2.05) is 84.9 Å². The number of aliphatic imine (C=N–C) groups is 2. The largest absolute Gasteiger partial charge is 0.251 e. The van der Waals surface area contributed by atoms with Gasteiger partial charge in [-0.2, -0.15) is 0 Å². The molecule has 4 heteroatoms. The third-order valence-corrected chi connectivity index (χ3v) is 5.58. The van der Waals surface area contributed by atoms with Crippen molar-refractivity contribution in [1.82, 2.24) is 0 Å². The highest BCUT2D eigenvalue weighted by Gasteiger charge is 2.13. The van der Waals surface area contributed by atoms with Crippen molar-refractivity contribution in [3.63, 3.8) is 0 Å². The van der Waals surface area contributed by atoms with Crippen LogP contribution in [0.25, 0.3) is 0 Å². The fraction of sp³-hybridized carbons (Fsp3) is 0.0370. The van der Waals surface area contributed by atoms with Crippen molar-refractivity contribution in [2.45, 2.75) is 16.2 Å². The molecule has 0 aromatic heterocycles. The van der Waals surface area contributed by atoms with Crippen LogP contribution >= 0.6 is 25.3 Å². The lowest BCUT2D eigenvalue weighted by molar-refractivity contribution is 1.32. The smallest absolute Gasteiger partial charge is 0.0766 e. The van der Waals surface area contributed by atoms with Gasteiger partial charge in [0.25, 0.3) is 0 Å². The number of benzene rings is 4. The summed E-state index contributed by atoms with van der Waals surface area (Å²) in [7, 11) is 0. The van der Waals surface area contributed by atoms with Crippen LogP contribution in [0.1, 0.15) is 17.5 Å². The van der Waals surface area contributed by atoms with Crippen LogP contribution in [-0.4, -0.2) is 11.4 Å². The molecule has 0 fully saturated rings. The second-order valence-electron chi connectivity index (χ2n) is 7.00. The normalized spacial score (nSPS) is 12.1. The summed E-state index contributed by atoms with van der Waals surface area (Å²) in [5.41, 5.74) is 5.66. The van der Waals surface area contributed by atoms with Gasteiger partial charge in [0.15, 0.2) is 0 Å². The summed E-state index contributed by atoms with van der Waals surface area (Å²) in [5, 5.41) is 0. The molecule has 4 rings (SSSR count). The summed E-state index contributed by atoms with van der Waals surface area (Å²) in [6, 6.07) is 36.2. The molecule has 152 valence electrons. The standard InChI is InChI=1S/C27H22N2S2/c30-26-17-9-7-15-22(26)28-24(20-11-3-1-4-12-20)19-25(21-13-5-2-6-14-21)29-23-16-8-10-18-27(23)31/h1-18,30-31H,19H2. The molecule has 0 N–H and O–H groups in total. The van der Waals surface area contributed by atoms with Crippen LogP contribution in [0.3, 0.4) is 0 Å². The maximum atomic E-state index is 5.00. The maximum Gasteiger partial charge on any atom is 0.0766 e. The lowest BCUT2D eigenvalue weighted by atomic mass is 9.99. The maximum absolute atomic E-state index is 5.00. The quantitative estimate of drug-likeness (QED) is 0.229. The molecule has 0 aliphatic heterocycles. The van der Waals surface area contributed by atoms with Crippen LogP contribution in [0.4, 0.5) is 11.4 Å². The number of para-hydroxylation sites is 2. The Balaban J connectivity index is 1.83. The van der Waals surface area contributed by atoms with E-state index in [-0.39, 0.29) is 0 Å². The van der Waals surface area contributed by atoms with E-state index in [2.05, 4.69) is 49.5 Å². The lowest BCUT2D eigenvalue weighted by Crippen LogP contribution is -2.11. The number of thiol groups is 2. The third kappa shape index (κ3) is 5.54. The molecule has 0 saturated heterocycles. The zero-order valence-electron chi connectivity index (χ0n) is 16.9. The zero-order valence-corrected chi connectivity index (χ0v) is 18.7. The monoisotopic (exact) mass is 438 g/mol. The number of nitrogens with zero attached hydrogens (tertiary/aromatic N) is 2. The van der Waals surface area contributed by atoms with Crippen molar-refractivity contribution >= 4 is 48.1 Å². The Bertz CT molecular complexity index is 1120. The Morgan fingerprint density at radius 1 is 0.484 bits per heavy atom. The van der Waals surface area contributed by atoms with Gasteiger partial charge in [0.1, 0.15) is 0 Å². The third-order valence-electron chi connectivity index (χ3n) is 4.82. The average molecular weight is 439 g/mol. The molecule has 4 aromatic carbocycles. The van der Waals surface area contributed by atoms with Gasteiger partial charge in [0.05, 0.1) is 22.8 Å². The number of rotatable bonds is 6. The highest BCUT2D eigenvalue weighted by molar-refractivity contribution is 7.80. The zero-order chi connectivity index (χ0) is 21.5. The second kappa shape index (κ2) is 10.3. The van der Waals surface area contributed by atoms with E-state index in [4.69, 9.17) is 9.98 Å². The molecule has 0 spiro atoms. The lowest BCUT2D eigenvalue weighted by Gasteiger charge is -2.12. The Labute approximate surface area is 194 Å². The molecule has 0 amide bonds. The first-order valence-electron chi connectivity index (χ1n) is 10.0. The van der Waals surface area contributed by atoms with Crippen LogP contribution in [-0.2, 0) is 0 Å². The van der Waals surface area contributed by atoms with Crippen molar-refractivity contribution in [2.24, 2.45) is 9.98 Å². The fourth-order valence-corrected chi connectivity index (χ4v) is 3.66. The van der Waals surface area contributed by atoms with Crippen LogP contribution < -0.4 is 0 Å². The molecule has 2 nitrogen and oxygen atoms in total. The molecule has 0 unspecified atom stereocenters. The first kappa shape index (κ1) is 21.2. The molecule has 0 bridgehead atoms. The SMILES string of the molecule is Sc1ccccc1N=C(CC(=Nc1ccccc1S)c1ccccc1)c1ccccc1. The minimum atomic E-state index is 0.568. The Morgan fingerprint density at radius 2 is 0.839 bits per heavy atom. The predicted molar refractivity (Wildman–Crippen MR) is 137 cm³/mol. The van der Waals surface area contributed by atoms with Gasteiger partial charge in [-0.3, -0.25) is 9.98 Å². The van der Waals surface area contributed by atoms with Crippen LogP contribution in [0.2, 0.25) is 0 Å². The van der Waals surface area contributed by atoms with E-state index in [9.17, 15) is 0 Å². The molecule has 0 heterocycles. The number of hydrogen-bond acceptors (Lipinski definition) is 4. The number of hydrogen-bond donors (Lipinski definition) is 2. The van der Waals surface area contributed by atoms with Crippen molar-refractivity contribution in [2.75, 3.05) is 0 Å². The first-order valence-corrected chi connectivity index (χ1v) is 10.9. The minimum absolute atomic E-state index is 0.568. The molecule has 4 aromatic rings. The van der Waals surface area contributed by atoms with Gasteiger partial charge in [0, 0.05) is 16.2 Å². The second-order valence-corrected chi connectivity index (χ2v) is 7.97. The van der Waals surface area contributed by atoms with Crippen LogP contribution in [0.5, 0.6) is 0 Å². The fourth-order valence-electron chi connectivity index (χ4n) is 3.24. The Hall–Kier alpha value is -3.08. The average Bonchev–Trinajstić information content (AvgIpc) is 2.82. The first-order chi connectivity index (χ1) is 15.2. The van der Waals surface area contributed by atoms with Gasteiger partial charge in [-0.15, -0.1) is 25.3 Å². The topological polar surface area (TPSA) is 24.7 Å². The summed E-state index contributed by atoms with van der Waals surface area (Å²) < 4.78 is 0. The van der Waals surface area contributed by atoms with Gasteiger partial charge in [-0.1, -0.05) is 84.9 Å². The summed E-state index contributed by atoms with van der Waals surface area (Å²) in [5.74, 6) is 0. The van der Waals surface area contributed by atoms with Crippen LogP contribution in [0.15, 0.2) is 129 Å². The van der Waals surface area contributed by atoms with Gasteiger partial charge < -0.3 is 0 Å². The Kier molecular flexibility index (Phi) is 7.03. The van der Waals surface area contributed by atoms with Crippen molar-refractivity contribution in [3.8, 4) is 0 Å². The summed E-state index contributed by atoms with van der Waals surface area (Å²) in [6.07, 6.45) is 0.568. The predicted octanol–water partition coefficient (Wildman–Crippen LogP) is 7.60. The van der Waals surface area contributed by atoms with E-state index in [0.29, 0.717) is 6.42 Å². The molecule has 0 aliphatic rings. The molecule has 0 atom stereocenters. The molecule has 0 radical (unpaired) electrons. The van der Waals surface area contributed by atoms with E-state index in [1.54, 1.807) is 0 Å². The highest BCUT2D eigenvalue weighted by Crippen LogP contribution is 2.27. The minimum Gasteiger partial charge on any atom is -0.251 e. The summed E-state index contributed by atoms with van der Waals surface area (Å²) in [4.78, 5) is 11.7. The van der Waals surface area contributed by atoms with Gasteiger partial charge >= 0.3 is 0 Å². The van der Waals surface area contributed by atoms with Gasteiger partial charge in [0.2, 0.25) is 0 Å². The van der Waals surface area contributed by atoms with Crippen molar-refractivity contribution < 1.29 is 0 Å². The molecular formula is C27H22N2S2. The summed E-state index contributed by atoms with van der Waals surface area (Å²) in [6.45, 7) is 0. The van der Waals surface area contributed by atoms with E-state index in [1.165, 1.54) is 0 Å². The highest BCUT2D eigenvalue weighted by atomic mass is 32.1. The van der Waals surface area contributed by atoms with Crippen molar-refractivity contribution in [3.05, 3.63) is 120 Å². The van der Waals surface area contributed by atoms with E-state index < -0.39 is 0 Å². The van der Waals surface area contributed by atoms with E-state index in [0.717, 1.165) is 43.7 Å². The molecule has 0 saturated carbocycles. The molecule has 31 heavy (non-hydrogen) atoms. The molecular weight excluding hydrogens is 416 g/mol. The van der Waals surface area contributed by atoms with Gasteiger partial charge in [-0.25, -0.2) is 0 Å². The summed E-state index contributed by atoms with van der Waals surface area (Å²) >= 11 is 9.18. The van der Waals surface area contributed by atoms with Gasteiger partial charge in [-0.05, 0) is 35.4 Å². The van der Waals surface area contributed by atoms with E-state index >= 15 is 0 Å². The van der Waals surface area contributed by atoms with Crippen molar-refractivity contribution in [1.29, 1.82) is 0 Å².